The molecule has 1 heterocycles. The van der Waals surface area contributed by atoms with E-state index in [-0.39, 0.29) is 23.5 Å². The number of hydrogen-bond donors (Lipinski definition) is 1. The maximum absolute atomic E-state index is 12.6. The zero-order chi connectivity index (χ0) is 21.1. The Balaban J connectivity index is 1.82. The third-order valence-electron chi connectivity index (χ3n) is 5.06. The molecule has 2 aromatic rings. The van der Waals surface area contributed by atoms with Crippen LogP contribution >= 0.6 is 0 Å². The van der Waals surface area contributed by atoms with Gasteiger partial charge in [-0.1, -0.05) is 6.92 Å². The van der Waals surface area contributed by atoms with E-state index in [1.807, 2.05) is 13.8 Å². The molecule has 0 bridgehead atoms. The number of amides is 2. The summed E-state index contributed by atoms with van der Waals surface area (Å²) in [7, 11) is 0. The summed E-state index contributed by atoms with van der Waals surface area (Å²) in [6, 6.07) is 10.7. The van der Waals surface area contributed by atoms with E-state index < -0.39 is 11.0 Å². The summed E-state index contributed by atoms with van der Waals surface area (Å²) in [5.41, 5.74) is 1.60. The lowest BCUT2D eigenvalue weighted by Crippen LogP contribution is -2.42. The van der Waals surface area contributed by atoms with Crippen LogP contribution in [0.4, 0.5) is 11.4 Å². The van der Waals surface area contributed by atoms with Gasteiger partial charge in [-0.25, -0.2) is 0 Å². The smallest absolute Gasteiger partial charge is 0.269 e. The van der Waals surface area contributed by atoms with Crippen LogP contribution in [0.3, 0.4) is 0 Å². The number of anilines is 1. The molecule has 0 saturated heterocycles. The molecule has 152 valence electrons. The first-order chi connectivity index (χ1) is 13.8. The molecule has 0 saturated carbocycles. The lowest BCUT2D eigenvalue weighted by Gasteiger charge is -2.28. The van der Waals surface area contributed by atoms with Gasteiger partial charge in [0.15, 0.2) is 6.10 Å². The summed E-state index contributed by atoms with van der Waals surface area (Å²) in [4.78, 5) is 37.1. The fraction of sp³-hybridized carbons (Fsp3) is 0.333. The molecule has 0 aromatic heterocycles. The average Bonchev–Trinajstić information content (AvgIpc) is 2.84. The number of rotatable bonds is 5. The number of carbonyl (C=O) groups is 2. The molecule has 0 radical (unpaired) electrons. The topological polar surface area (TPSA) is 102 Å². The third-order valence-corrected chi connectivity index (χ3v) is 5.06. The van der Waals surface area contributed by atoms with Crippen LogP contribution in [0, 0.1) is 10.1 Å². The molecule has 8 nitrogen and oxygen atoms in total. The van der Waals surface area contributed by atoms with Crippen molar-refractivity contribution in [3.05, 3.63) is 63.7 Å². The second kappa shape index (κ2) is 8.30. The molecule has 8 heteroatoms. The van der Waals surface area contributed by atoms with E-state index in [9.17, 15) is 19.7 Å². The number of fused-ring (bicyclic) bond motifs is 1. The Kier molecular flexibility index (Phi) is 5.81. The number of nitrogens with one attached hydrogen (secondary N) is 1. The standard InChI is InChI=1S/C21H23N3O5/c1-4-13(2)23-12-16-11-17(7-10-19(16)29-14(3)21(23)26)22-20(25)15-5-8-18(9-6-15)24(27)28/h5-11,13-14H,4,12H2,1-3H3,(H,22,25)/t13-,14+/m0/s1. The third kappa shape index (κ3) is 4.37. The van der Waals surface area contributed by atoms with Gasteiger partial charge in [0.1, 0.15) is 5.75 Å². The molecular formula is C21H23N3O5. The lowest BCUT2D eigenvalue weighted by molar-refractivity contribution is -0.384. The average molecular weight is 397 g/mol. The molecule has 3 rings (SSSR count). The van der Waals surface area contributed by atoms with E-state index in [0.717, 1.165) is 12.0 Å². The van der Waals surface area contributed by atoms with Crippen LogP contribution in [0.5, 0.6) is 5.75 Å². The van der Waals surface area contributed by atoms with Crippen molar-refractivity contribution in [2.24, 2.45) is 0 Å². The van der Waals surface area contributed by atoms with Crippen molar-refractivity contribution >= 4 is 23.2 Å². The summed E-state index contributed by atoms with van der Waals surface area (Å²) in [6.07, 6.45) is 0.246. The zero-order valence-electron chi connectivity index (χ0n) is 16.5. The molecule has 1 N–H and O–H groups in total. The zero-order valence-corrected chi connectivity index (χ0v) is 16.5. The predicted octanol–water partition coefficient (Wildman–Crippen LogP) is 3.76. The lowest BCUT2D eigenvalue weighted by atomic mass is 10.1. The highest BCUT2D eigenvalue weighted by Crippen LogP contribution is 2.30. The highest BCUT2D eigenvalue weighted by molar-refractivity contribution is 6.04. The van der Waals surface area contributed by atoms with Gasteiger partial charge in [-0.05, 0) is 50.6 Å². The minimum atomic E-state index is -0.578. The molecule has 0 fully saturated rings. The minimum absolute atomic E-state index is 0.0629. The van der Waals surface area contributed by atoms with E-state index in [1.54, 1.807) is 30.0 Å². The van der Waals surface area contributed by atoms with Gasteiger partial charge in [-0.15, -0.1) is 0 Å². The summed E-state index contributed by atoms with van der Waals surface area (Å²) in [5.74, 6) is 0.176. The van der Waals surface area contributed by atoms with Crippen LogP contribution < -0.4 is 10.1 Å². The molecule has 2 atom stereocenters. The summed E-state index contributed by atoms with van der Waals surface area (Å²) in [5, 5.41) is 13.5. The molecule has 0 spiro atoms. The Hall–Kier alpha value is -3.42. The van der Waals surface area contributed by atoms with Crippen LogP contribution in [0.1, 0.15) is 43.1 Å². The number of ether oxygens (including phenoxy) is 1. The Morgan fingerprint density at radius 3 is 2.62 bits per heavy atom. The largest absolute Gasteiger partial charge is 0.481 e. The quantitative estimate of drug-likeness (QED) is 0.611. The number of benzene rings is 2. The van der Waals surface area contributed by atoms with E-state index >= 15 is 0 Å². The number of carbonyl (C=O) groups excluding carboxylic acids is 2. The monoisotopic (exact) mass is 397 g/mol. The number of hydrogen-bond acceptors (Lipinski definition) is 5. The second-order valence-electron chi connectivity index (χ2n) is 7.06. The summed E-state index contributed by atoms with van der Waals surface area (Å²) in [6.45, 7) is 6.15. The Morgan fingerprint density at radius 1 is 1.31 bits per heavy atom. The van der Waals surface area contributed by atoms with Gasteiger partial charge in [-0.3, -0.25) is 19.7 Å². The van der Waals surface area contributed by atoms with Crippen molar-refractivity contribution in [2.75, 3.05) is 5.32 Å². The van der Waals surface area contributed by atoms with Crippen LogP contribution in [0.25, 0.3) is 0 Å². The Labute approximate surface area is 168 Å². The highest BCUT2D eigenvalue weighted by Gasteiger charge is 2.30. The van der Waals surface area contributed by atoms with Gasteiger partial charge in [-0.2, -0.15) is 0 Å². The van der Waals surface area contributed by atoms with Crippen molar-refractivity contribution in [1.82, 2.24) is 4.90 Å². The van der Waals surface area contributed by atoms with Crippen molar-refractivity contribution < 1.29 is 19.2 Å². The summed E-state index contributed by atoms with van der Waals surface area (Å²) < 4.78 is 5.81. The molecule has 1 aliphatic heterocycles. The molecule has 29 heavy (non-hydrogen) atoms. The maximum Gasteiger partial charge on any atom is 0.269 e. The van der Waals surface area contributed by atoms with Crippen molar-refractivity contribution in [1.29, 1.82) is 0 Å². The van der Waals surface area contributed by atoms with Crippen molar-refractivity contribution in [2.45, 2.75) is 45.9 Å². The van der Waals surface area contributed by atoms with Gasteiger partial charge in [0.2, 0.25) is 0 Å². The predicted molar refractivity (Wildman–Crippen MR) is 108 cm³/mol. The fourth-order valence-corrected chi connectivity index (χ4v) is 3.16. The number of nitrogens with zero attached hydrogens (tertiary/aromatic N) is 2. The molecule has 0 aliphatic carbocycles. The van der Waals surface area contributed by atoms with Crippen molar-refractivity contribution in [3.63, 3.8) is 0 Å². The van der Waals surface area contributed by atoms with Gasteiger partial charge >= 0.3 is 0 Å². The fourth-order valence-electron chi connectivity index (χ4n) is 3.16. The van der Waals surface area contributed by atoms with Crippen LogP contribution in [-0.2, 0) is 11.3 Å². The van der Waals surface area contributed by atoms with Crippen molar-refractivity contribution in [3.8, 4) is 5.75 Å². The van der Waals surface area contributed by atoms with Crippen LogP contribution in [-0.4, -0.2) is 33.8 Å². The summed E-state index contributed by atoms with van der Waals surface area (Å²) >= 11 is 0. The van der Waals surface area contributed by atoms with E-state index in [1.165, 1.54) is 24.3 Å². The first-order valence-corrected chi connectivity index (χ1v) is 9.46. The molecule has 1 aliphatic rings. The number of nitro groups is 1. The first kappa shape index (κ1) is 20.3. The van der Waals surface area contributed by atoms with E-state index in [0.29, 0.717) is 23.5 Å². The highest BCUT2D eigenvalue weighted by atomic mass is 16.6. The van der Waals surface area contributed by atoms with Gasteiger partial charge in [0, 0.05) is 41.5 Å². The molecule has 2 aromatic carbocycles. The number of nitro benzene ring substituents is 1. The molecule has 0 unspecified atom stereocenters. The first-order valence-electron chi connectivity index (χ1n) is 9.46. The minimum Gasteiger partial charge on any atom is -0.481 e. The Bertz CT molecular complexity index is 942. The molecule has 2 amide bonds. The van der Waals surface area contributed by atoms with Gasteiger partial charge in [0.05, 0.1) is 4.92 Å². The number of non-ortho nitro benzene ring substituents is 1. The molecular weight excluding hydrogens is 374 g/mol. The van der Waals surface area contributed by atoms with E-state index in [2.05, 4.69) is 5.32 Å². The SMILES string of the molecule is CC[C@H](C)N1Cc2cc(NC(=O)c3ccc([N+](=O)[O-])cc3)ccc2O[C@H](C)C1=O. The maximum atomic E-state index is 12.6. The van der Waals surface area contributed by atoms with Gasteiger partial charge < -0.3 is 15.0 Å². The van der Waals surface area contributed by atoms with Crippen LogP contribution in [0.15, 0.2) is 42.5 Å². The second-order valence-corrected chi connectivity index (χ2v) is 7.06. The van der Waals surface area contributed by atoms with E-state index in [4.69, 9.17) is 4.74 Å². The Morgan fingerprint density at radius 2 is 2.00 bits per heavy atom. The van der Waals surface area contributed by atoms with Gasteiger partial charge in [0.25, 0.3) is 17.5 Å². The van der Waals surface area contributed by atoms with Crippen LogP contribution in [0.2, 0.25) is 0 Å². The normalized spacial score (nSPS) is 17.0.